The van der Waals surface area contributed by atoms with Gasteiger partial charge in [-0.3, -0.25) is 4.79 Å². The molecule has 0 fully saturated rings. The number of methoxy groups -OCH3 is 2. The molecule has 2 aromatic rings. The van der Waals surface area contributed by atoms with Crippen molar-refractivity contribution in [1.82, 2.24) is 4.90 Å². The van der Waals surface area contributed by atoms with Crippen LogP contribution in [0.3, 0.4) is 0 Å². The van der Waals surface area contributed by atoms with Gasteiger partial charge in [0.05, 0.1) is 32.4 Å². The van der Waals surface area contributed by atoms with E-state index in [2.05, 4.69) is 21.2 Å². The summed E-state index contributed by atoms with van der Waals surface area (Å²) in [5.74, 6) is 0.109. The standard InChI is InChI=1S/C20H21BrN2O5/c1-27-17-9-12-7-8-23(20(26)22-15-6-4-3-5-14(15)21)16(11-19(24)25)13(12)10-18(17)28-2/h3-6,9-10,16H,7-8,11H2,1-2H3,(H,22,26)(H,24,25). The van der Waals surface area contributed by atoms with Crippen LogP contribution in [0.5, 0.6) is 11.5 Å². The maximum Gasteiger partial charge on any atom is 0.322 e. The lowest BCUT2D eigenvalue weighted by molar-refractivity contribution is -0.138. The largest absolute Gasteiger partial charge is 0.493 e. The highest BCUT2D eigenvalue weighted by Crippen LogP contribution is 2.39. The lowest BCUT2D eigenvalue weighted by atomic mass is 9.90. The van der Waals surface area contributed by atoms with Gasteiger partial charge in [-0.1, -0.05) is 12.1 Å². The van der Waals surface area contributed by atoms with Gasteiger partial charge in [0, 0.05) is 11.0 Å². The van der Waals surface area contributed by atoms with Crippen LogP contribution in [0.4, 0.5) is 10.5 Å². The van der Waals surface area contributed by atoms with Crippen molar-refractivity contribution in [2.24, 2.45) is 0 Å². The first kappa shape index (κ1) is 20.0. The van der Waals surface area contributed by atoms with Crippen LogP contribution in [0.15, 0.2) is 40.9 Å². The van der Waals surface area contributed by atoms with Gasteiger partial charge >= 0.3 is 12.0 Å². The van der Waals surface area contributed by atoms with Gasteiger partial charge in [-0.25, -0.2) is 4.79 Å². The van der Waals surface area contributed by atoms with Gasteiger partial charge in [0.2, 0.25) is 0 Å². The van der Waals surface area contributed by atoms with Crippen molar-refractivity contribution in [2.75, 3.05) is 26.1 Å². The molecule has 7 nitrogen and oxygen atoms in total. The molecule has 1 aliphatic rings. The fourth-order valence-electron chi connectivity index (χ4n) is 3.41. The number of benzene rings is 2. The Morgan fingerprint density at radius 3 is 2.54 bits per heavy atom. The van der Waals surface area contributed by atoms with E-state index in [0.717, 1.165) is 15.6 Å². The molecule has 3 rings (SSSR count). The topological polar surface area (TPSA) is 88.1 Å². The summed E-state index contributed by atoms with van der Waals surface area (Å²) in [6.07, 6.45) is 0.390. The molecule has 0 saturated carbocycles. The molecule has 1 unspecified atom stereocenters. The minimum Gasteiger partial charge on any atom is -0.493 e. The zero-order chi connectivity index (χ0) is 20.3. The summed E-state index contributed by atoms with van der Waals surface area (Å²) >= 11 is 3.41. The highest BCUT2D eigenvalue weighted by Gasteiger charge is 2.34. The summed E-state index contributed by atoms with van der Waals surface area (Å²) in [4.78, 5) is 26.0. The molecule has 8 heteroatoms. The number of urea groups is 1. The third kappa shape index (κ3) is 4.06. The van der Waals surface area contributed by atoms with Crippen molar-refractivity contribution in [1.29, 1.82) is 0 Å². The monoisotopic (exact) mass is 448 g/mol. The Hall–Kier alpha value is -2.74. The third-order valence-electron chi connectivity index (χ3n) is 4.75. The molecule has 0 aliphatic carbocycles. The Morgan fingerprint density at radius 2 is 1.89 bits per heavy atom. The van der Waals surface area contributed by atoms with E-state index in [-0.39, 0.29) is 12.5 Å². The summed E-state index contributed by atoms with van der Waals surface area (Å²) in [5, 5.41) is 12.3. The van der Waals surface area contributed by atoms with E-state index in [1.54, 1.807) is 24.1 Å². The van der Waals surface area contributed by atoms with Gasteiger partial charge in [0.15, 0.2) is 11.5 Å². The van der Waals surface area contributed by atoms with E-state index >= 15 is 0 Å². The molecule has 2 amide bonds. The number of carboxylic acid groups (broad SMARTS) is 1. The summed E-state index contributed by atoms with van der Waals surface area (Å²) < 4.78 is 11.5. The molecule has 2 aromatic carbocycles. The van der Waals surface area contributed by atoms with Crippen LogP contribution in [-0.4, -0.2) is 42.8 Å². The molecule has 148 valence electrons. The van der Waals surface area contributed by atoms with E-state index in [4.69, 9.17) is 9.47 Å². The van der Waals surface area contributed by atoms with Crippen molar-refractivity contribution in [3.8, 4) is 11.5 Å². The van der Waals surface area contributed by atoms with Crippen LogP contribution in [0.1, 0.15) is 23.6 Å². The normalized spacial score (nSPS) is 15.5. The molecular formula is C20H21BrN2O5. The van der Waals surface area contributed by atoms with E-state index in [0.29, 0.717) is 30.2 Å². The molecule has 0 bridgehead atoms. The van der Waals surface area contributed by atoms with Crippen LogP contribution in [0.25, 0.3) is 0 Å². The molecular weight excluding hydrogens is 428 g/mol. The number of hydrogen-bond acceptors (Lipinski definition) is 4. The number of aliphatic carboxylic acids is 1. The van der Waals surface area contributed by atoms with E-state index in [1.807, 2.05) is 24.3 Å². The first-order chi connectivity index (χ1) is 13.4. The number of nitrogens with zero attached hydrogens (tertiary/aromatic N) is 1. The number of halogens is 1. The summed E-state index contributed by atoms with van der Waals surface area (Å²) in [6, 6.07) is 9.93. The van der Waals surface area contributed by atoms with Crippen molar-refractivity contribution in [3.05, 3.63) is 52.0 Å². The second-order valence-electron chi connectivity index (χ2n) is 6.37. The smallest absolute Gasteiger partial charge is 0.322 e. The Labute approximate surface area is 171 Å². The number of rotatable bonds is 5. The second kappa shape index (κ2) is 8.52. The number of carboxylic acids is 1. The zero-order valence-electron chi connectivity index (χ0n) is 15.6. The SMILES string of the molecule is COc1cc2c(cc1OC)C(CC(=O)O)N(C(=O)Nc1ccccc1Br)CC2. The lowest BCUT2D eigenvalue weighted by Gasteiger charge is -2.37. The highest BCUT2D eigenvalue weighted by molar-refractivity contribution is 9.10. The van der Waals surface area contributed by atoms with Gasteiger partial charge in [0.1, 0.15) is 0 Å². The van der Waals surface area contributed by atoms with Gasteiger partial charge in [-0.05, 0) is 57.7 Å². The minimum absolute atomic E-state index is 0.203. The van der Waals surface area contributed by atoms with E-state index < -0.39 is 12.0 Å². The number of ether oxygens (including phenoxy) is 2. The average molecular weight is 449 g/mol. The molecule has 2 N–H and O–H groups in total. The van der Waals surface area contributed by atoms with E-state index in [1.165, 1.54) is 7.11 Å². The number of nitrogens with one attached hydrogen (secondary N) is 1. The molecule has 0 spiro atoms. The number of amides is 2. The second-order valence-corrected chi connectivity index (χ2v) is 7.23. The summed E-state index contributed by atoms with van der Waals surface area (Å²) in [6.45, 7) is 0.400. The molecule has 0 aromatic heterocycles. The predicted molar refractivity (Wildman–Crippen MR) is 108 cm³/mol. The van der Waals surface area contributed by atoms with Crippen molar-refractivity contribution < 1.29 is 24.2 Å². The Balaban J connectivity index is 1.95. The van der Waals surface area contributed by atoms with Crippen LogP contribution < -0.4 is 14.8 Å². The Kier molecular flexibility index (Phi) is 6.08. The molecule has 1 atom stereocenters. The zero-order valence-corrected chi connectivity index (χ0v) is 17.2. The van der Waals surface area contributed by atoms with Gasteiger partial charge < -0.3 is 24.8 Å². The first-order valence-electron chi connectivity index (χ1n) is 8.73. The quantitative estimate of drug-likeness (QED) is 0.719. The molecule has 1 aliphatic heterocycles. The summed E-state index contributed by atoms with van der Waals surface area (Å²) in [5.41, 5.74) is 2.34. The average Bonchev–Trinajstić information content (AvgIpc) is 2.68. The maximum atomic E-state index is 12.9. The maximum absolute atomic E-state index is 12.9. The van der Waals surface area contributed by atoms with Gasteiger partial charge in [0.25, 0.3) is 0 Å². The number of hydrogen-bond donors (Lipinski definition) is 2. The van der Waals surface area contributed by atoms with E-state index in [9.17, 15) is 14.7 Å². The van der Waals surface area contributed by atoms with Crippen LogP contribution >= 0.6 is 15.9 Å². The third-order valence-corrected chi connectivity index (χ3v) is 5.44. The Morgan fingerprint density at radius 1 is 1.21 bits per heavy atom. The van der Waals surface area contributed by atoms with Crippen LogP contribution in [0, 0.1) is 0 Å². The number of anilines is 1. The minimum atomic E-state index is -0.980. The highest BCUT2D eigenvalue weighted by atomic mass is 79.9. The lowest BCUT2D eigenvalue weighted by Crippen LogP contribution is -2.43. The van der Waals surface area contributed by atoms with Crippen molar-refractivity contribution in [2.45, 2.75) is 18.9 Å². The van der Waals surface area contributed by atoms with Crippen LogP contribution in [0.2, 0.25) is 0 Å². The molecule has 0 radical (unpaired) electrons. The molecule has 0 saturated heterocycles. The van der Waals surface area contributed by atoms with Crippen LogP contribution in [-0.2, 0) is 11.2 Å². The fraction of sp³-hybridized carbons (Fsp3) is 0.300. The number of fused-ring (bicyclic) bond motifs is 1. The number of carbonyl (C=O) groups excluding carboxylic acids is 1. The van der Waals surface area contributed by atoms with Gasteiger partial charge in [-0.2, -0.15) is 0 Å². The predicted octanol–water partition coefficient (Wildman–Crippen LogP) is 4.07. The van der Waals surface area contributed by atoms with Crippen molar-refractivity contribution in [3.63, 3.8) is 0 Å². The first-order valence-corrected chi connectivity index (χ1v) is 9.52. The summed E-state index contributed by atoms with van der Waals surface area (Å²) in [7, 11) is 3.08. The number of carbonyl (C=O) groups is 2. The fourth-order valence-corrected chi connectivity index (χ4v) is 3.79. The number of para-hydroxylation sites is 1. The molecule has 28 heavy (non-hydrogen) atoms. The molecule has 1 heterocycles. The Bertz CT molecular complexity index is 902. The van der Waals surface area contributed by atoms with Crippen molar-refractivity contribution >= 4 is 33.6 Å². The van der Waals surface area contributed by atoms with Gasteiger partial charge in [-0.15, -0.1) is 0 Å².